The molecule has 0 atom stereocenters. The Morgan fingerprint density at radius 2 is 0.895 bits per heavy atom. The van der Waals surface area contributed by atoms with Crippen molar-refractivity contribution in [2.75, 3.05) is 0 Å². The van der Waals surface area contributed by atoms with Crippen molar-refractivity contribution < 1.29 is 0 Å². The molecule has 0 aliphatic heterocycles. The van der Waals surface area contributed by atoms with Gasteiger partial charge in [-0.05, 0) is 93.6 Å². The summed E-state index contributed by atoms with van der Waals surface area (Å²) >= 11 is 0. The molecule has 0 aliphatic carbocycles. The number of hydrogen-bond donors (Lipinski definition) is 0. The van der Waals surface area contributed by atoms with E-state index in [-0.39, 0.29) is 0 Å². The van der Waals surface area contributed by atoms with Gasteiger partial charge in [-0.25, -0.2) is 9.97 Å². The van der Waals surface area contributed by atoms with Gasteiger partial charge in [0.05, 0.1) is 11.0 Å². The van der Waals surface area contributed by atoms with E-state index in [1.54, 1.807) is 0 Å². The van der Waals surface area contributed by atoms with Crippen molar-refractivity contribution in [3.8, 4) is 94.3 Å². The van der Waals surface area contributed by atoms with Crippen molar-refractivity contribution in [2.45, 2.75) is 0 Å². The van der Waals surface area contributed by atoms with Gasteiger partial charge in [-0.1, -0.05) is 72.8 Å². The molecule has 3 aromatic carbocycles. The first-order chi connectivity index (χ1) is 18.8. The Balaban J connectivity index is 1.88. The number of nitrogens with zero attached hydrogens (tertiary/aromatic N) is 2. The van der Waals surface area contributed by atoms with Crippen LogP contribution in [0.5, 0.6) is 0 Å². The van der Waals surface area contributed by atoms with Crippen molar-refractivity contribution in [1.29, 1.82) is 0 Å². The average Bonchev–Trinajstić information content (AvgIpc) is 2.97. The van der Waals surface area contributed by atoms with Crippen molar-refractivity contribution in [2.24, 2.45) is 0 Å². The molecule has 2 aromatic heterocycles. The Hall–Kier alpha value is -6.16. The predicted octanol–water partition coefficient (Wildman–Crippen LogP) is 6.09. The lowest BCUT2D eigenvalue weighted by Gasteiger charge is -2.13. The summed E-state index contributed by atoms with van der Waals surface area (Å²) in [6.45, 7) is 0. The molecule has 0 saturated heterocycles. The van der Waals surface area contributed by atoms with Crippen LogP contribution in [0.25, 0.3) is 44.1 Å². The first-order valence-corrected chi connectivity index (χ1v) is 11.6. The van der Waals surface area contributed by atoms with Gasteiger partial charge < -0.3 is 0 Å². The quantitative estimate of drug-likeness (QED) is 0.228. The van der Waals surface area contributed by atoms with Gasteiger partial charge >= 0.3 is 0 Å². The molecule has 0 N–H and O–H groups in total. The second kappa shape index (κ2) is 11.1. The summed E-state index contributed by atoms with van der Waals surface area (Å²) in [7, 11) is 0. The zero-order chi connectivity index (χ0) is 26.2. The highest BCUT2D eigenvalue weighted by Crippen LogP contribution is 2.36. The van der Waals surface area contributed by atoms with E-state index in [1.807, 2.05) is 48.5 Å². The Morgan fingerprint density at radius 3 is 1.29 bits per heavy atom. The molecule has 0 fully saturated rings. The molecule has 0 bridgehead atoms. The highest BCUT2D eigenvalue weighted by molar-refractivity contribution is 6.12. The van der Waals surface area contributed by atoms with Crippen LogP contribution < -0.4 is 0 Å². The van der Waals surface area contributed by atoms with Crippen LogP contribution in [0.15, 0.2) is 84.9 Å². The van der Waals surface area contributed by atoms with Gasteiger partial charge in [0.25, 0.3) is 0 Å². The minimum atomic E-state index is 0.564. The fourth-order valence-corrected chi connectivity index (χ4v) is 4.14. The molecule has 0 amide bonds. The van der Waals surface area contributed by atoms with Crippen LogP contribution >= 0.6 is 0 Å². The molecule has 0 radical (unpaired) electrons. The summed E-state index contributed by atoms with van der Waals surface area (Å²) in [4.78, 5) is 9.83. The van der Waals surface area contributed by atoms with Gasteiger partial charge in [0.15, 0.2) is 0 Å². The number of fused-ring (bicyclic) bond motifs is 3. The molecular formula is C36H16N2. The number of terminal acetylenes is 2. The number of rotatable bonds is 2. The van der Waals surface area contributed by atoms with Crippen molar-refractivity contribution in [1.82, 2.24) is 9.97 Å². The fraction of sp³-hybridized carbons (Fsp3) is 0. The monoisotopic (exact) mass is 476 g/mol. The molecule has 5 rings (SSSR count). The highest BCUT2D eigenvalue weighted by Gasteiger charge is 2.15. The summed E-state index contributed by atoms with van der Waals surface area (Å²) in [6, 6.07) is 28.3. The standard InChI is InChI=1S/C36H16N2/c1-3-5-7-15-21-29-25-33(27-17-11-9-12-18-27)31-23-24-32-34(28-19-13-10-14-20-28)26-30(22-16-8-6-4-2)38-36(32)35(31)37-29/h1-2,9-14,17-20,23-26H. The van der Waals surface area contributed by atoms with Crippen LogP contribution in [0.3, 0.4) is 0 Å². The van der Waals surface area contributed by atoms with E-state index >= 15 is 0 Å². The molecule has 170 valence electrons. The SMILES string of the molecule is C#CC#CC#Cc1cc(-c2ccccc2)c2ccc3c(-c4ccccc4)cc(C#CC#CC#C)nc3c2n1. The third-order valence-electron chi connectivity index (χ3n) is 5.70. The van der Waals surface area contributed by atoms with Gasteiger partial charge in [0.1, 0.15) is 11.4 Å². The molecule has 38 heavy (non-hydrogen) atoms. The summed E-state index contributed by atoms with van der Waals surface area (Å²) in [5, 5.41) is 1.90. The lowest BCUT2D eigenvalue weighted by molar-refractivity contribution is 1.33. The molecule has 2 nitrogen and oxygen atoms in total. The average molecular weight is 477 g/mol. The van der Waals surface area contributed by atoms with E-state index in [2.05, 4.69) is 95.6 Å². The van der Waals surface area contributed by atoms with Crippen LogP contribution in [-0.4, -0.2) is 9.97 Å². The number of pyridine rings is 2. The number of benzene rings is 3. The fourth-order valence-electron chi connectivity index (χ4n) is 4.14. The van der Waals surface area contributed by atoms with Crippen molar-refractivity contribution >= 4 is 21.8 Å². The summed E-state index contributed by atoms with van der Waals surface area (Å²) in [5.74, 6) is 26.5. The first kappa shape index (κ1) is 23.6. The van der Waals surface area contributed by atoms with E-state index in [0.29, 0.717) is 22.4 Å². The normalized spacial score (nSPS) is 9.21. The largest absolute Gasteiger partial charge is 0.237 e. The van der Waals surface area contributed by atoms with Crippen LogP contribution in [-0.2, 0) is 0 Å². The zero-order valence-corrected chi connectivity index (χ0v) is 20.1. The van der Waals surface area contributed by atoms with Gasteiger partial charge in [0, 0.05) is 10.8 Å². The van der Waals surface area contributed by atoms with Crippen molar-refractivity contribution in [3.05, 3.63) is 96.3 Å². The summed E-state index contributed by atoms with van der Waals surface area (Å²) in [5.41, 5.74) is 6.63. The van der Waals surface area contributed by atoms with Crippen LogP contribution in [0.2, 0.25) is 0 Å². The molecule has 5 aromatic rings. The third-order valence-corrected chi connectivity index (χ3v) is 5.70. The summed E-state index contributed by atoms with van der Waals surface area (Å²) in [6.07, 6.45) is 10.5. The third kappa shape index (κ3) is 4.95. The lowest BCUT2D eigenvalue weighted by Crippen LogP contribution is -1.95. The van der Waals surface area contributed by atoms with Crippen LogP contribution in [0.4, 0.5) is 0 Å². The van der Waals surface area contributed by atoms with Crippen LogP contribution in [0.1, 0.15) is 11.4 Å². The topological polar surface area (TPSA) is 25.8 Å². The molecule has 2 heterocycles. The summed E-state index contributed by atoms with van der Waals surface area (Å²) < 4.78 is 0. The minimum Gasteiger partial charge on any atom is -0.237 e. The Morgan fingerprint density at radius 1 is 0.474 bits per heavy atom. The highest BCUT2D eigenvalue weighted by atomic mass is 14.8. The van der Waals surface area contributed by atoms with Gasteiger partial charge in [0.2, 0.25) is 0 Å². The second-order valence-corrected chi connectivity index (χ2v) is 7.99. The van der Waals surface area contributed by atoms with E-state index in [1.165, 1.54) is 0 Å². The zero-order valence-electron chi connectivity index (χ0n) is 20.1. The lowest BCUT2D eigenvalue weighted by atomic mass is 9.95. The molecule has 0 unspecified atom stereocenters. The number of hydrogen-bond acceptors (Lipinski definition) is 2. The molecule has 0 aliphatic rings. The van der Waals surface area contributed by atoms with Crippen molar-refractivity contribution in [3.63, 3.8) is 0 Å². The van der Waals surface area contributed by atoms with Gasteiger partial charge in [-0.3, -0.25) is 0 Å². The predicted molar refractivity (Wildman–Crippen MR) is 155 cm³/mol. The smallest absolute Gasteiger partial charge is 0.115 e. The Kier molecular flexibility index (Phi) is 6.86. The molecule has 0 saturated carbocycles. The molecular weight excluding hydrogens is 460 g/mol. The van der Waals surface area contributed by atoms with E-state index in [4.69, 9.17) is 22.8 Å². The second-order valence-electron chi connectivity index (χ2n) is 7.99. The minimum absolute atomic E-state index is 0.564. The maximum absolute atomic E-state index is 5.23. The maximum Gasteiger partial charge on any atom is 0.115 e. The Bertz CT molecular complexity index is 1890. The van der Waals surface area contributed by atoms with Gasteiger partial charge in [-0.15, -0.1) is 12.8 Å². The maximum atomic E-state index is 5.23. The van der Waals surface area contributed by atoms with Crippen LogP contribution in [0, 0.1) is 72.1 Å². The van der Waals surface area contributed by atoms with Gasteiger partial charge in [-0.2, -0.15) is 0 Å². The molecule has 2 heteroatoms. The van der Waals surface area contributed by atoms with E-state index in [9.17, 15) is 0 Å². The van der Waals surface area contributed by atoms with E-state index < -0.39 is 0 Å². The number of aromatic nitrogens is 2. The first-order valence-electron chi connectivity index (χ1n) is 11.6. The van der Waals surface area contributed by atoms with E-state index in [0.717, 1.165) is 33.0 Å². The Labute approximate surface area is 222 Å². The molecule has 0 spiro atoms.